The van der Waals surface area contributed by atoms with Crippen molar-refractivity contribution in [2.45, 2.75) is 24.9 Å². The summed E-state index contributed by atoms with van der Waals surface area (Å²) in [7, 11) is 2.08. The van der Waals surface area contributed by atoms with Crippen molar-refractivity contribution < 1.29 is 0 Å². The van der Waals surface area contributed by atoms with Gasteiger partial charge in [0.15, 0.2) is 5.82 Å². The summed E-state index contributed by atoms with van der Waals surface area (Å²) in [5, 5.41) is 0. The normalized spacial score (nSPS) is 24.7. The molecule has 0 bridgehead atoms. The maximum absolute atomic E-state index is 12.5. The Morgan fingerprint density at radius 3 is 2.89 bits per heavy atom. The SMILES string of the molecule is CN1CCN(c2nccn(C3CC3)c2=O)C(CN)C1. The topological polar surface area (TPSA) is 67.4 Å². The molecule has 6 nitrogen and oxygen atoms in total. The first-order valence-electron chi connectivity index (χ1n) is 6.93. The summed E-state index contributed by atoms with van der Waals surface area (Å²) in [6, 6.07) is 0.562. The van der Waals surface area contributed by atoms with E-state index in [0.29, 0.717) is 18.4 Å². The quantitative estimate of drug-likeness (QED) is 0.808. The lowest BCUT2D eigenvalue weighted by molar-refractivity contribution is 0.268. The van der Waals surface area contributed by atoms with Gasteiger partial charge in [-0.05, 0) is 19.9 Å². The molecule has 1 saturated heterocycles. The van der Waals surface area contributed by atoms with Crippen molar-refractivity contribution in [2.75, 3.05) is 38.1 Å². The summed E-state index contributed by atoms with van der Waals surface area (Å²) in [5.41, 5.74) is 5.88. The van der Waals surface area contributed by atoms with E-state index in [9.17, 15) is 4.79 Å². The first-order chi connectivity index (χ1) is 9.20. The fraction of sp³-hybridized carbons (Fsp3) is 0.692. The van der Waals surface area contributed by atoms with Gasteiger partial charge < -0.3 is 20.1 Å². The highest BCUT2D eigenvalue weighted by Gasteiger charge is 2.30. The van der Waals surface area contributed by atoms with E-state index in [1.54, 1.807) is 12.4 Å². The lowest BCUT2D eigenvalue weighted by Gasteiger charge is -2.39. The first kappa shape index (κ1) is 12.6. The van der Waals surface area contributed by atoms with Gasteiger partial charge in [0, 0.05) is 44.6 Å². The molecule has 1 saturated carbocycles. The molecule has 2 N–H and O–H groups in total. The van der Waals surface area contributed by atoms with Crippen molar-refractivity contribution in [3.63, 3.8) is 0 Å². The molecule has 0 aromatic carbocycles. The van der Waals surface area contributed by atoms with Crippen LogP contribution >= 0.6 is 0 Å². The van der Waals surface area contributed by atoms with E-state index in [1.165, 1.54) is 0 Å². The largest absolute Gasteiger partial charge is 0.345 e. The van der Waals surface area contributed by atoms with Crippen LogP contribution in [0.25, 0.3) is 0 Å². The number of rotatable bonds is 3. The fourth-order valence-corrected chi connectivity index (χ4v) is 2.74. The number of anilines is 1. The Labute approximate surface area is 112 Å². The molecule has 1 atom stereocenters. The van der Waals surface area contributed by atoms with Crippen LogP contribution in [0.3, 0.4) is 0 Å². The van der Waals surface area contributed by atoms with Gasteiger partial charge in [0.2, 0.25) is 0 Å². The van der Waals surface area contributed by atoms with Gasteiger partial charge in [-0.2, -0.15) is 0 Å². The number of nitrogens with two attached hydrogens (primary N) is 1. The zero-order chi connectivity index (χ0) is 13.4. The molecule has 0 radical (unpaired) electrons. The zero-order valence-electron chi connectivity index (χ0n) is 11.3. The molecular formula is C13H21N5O. The second kappa shape index (κ2) is 4.94. The molecule has 1 unspecified atom stereocenters. The zero-order valence-corrected chi connectivity index (χ0v) is 11.3. The van der Waals surface area contributed by atoms with Gasteiger partial charge in [-0.3, -0.25) is 4.79 Å². The van der Waals surface area contributed by atoms with Crippen LogP contribution in [0.15, 0.2) is 17.2 Å². The van der Waals surface area contributed by atoms with Crippen LogP contribution in [0.5, 0.6) is 0 Å². The number of hydrogen-bond donors (Lipinski definition) is 1. The minimum atomic E-state index is 0.0352. The Morgan fingerprint density at radius 1 is 1.42 bits per heavy atom. The van der Waals surface area contributed by atoms with E-state index >= 15 is 0 Å². The van der Waals surface area contributed by atoms with Gasteiger partial charge in [0.1, 0.15) is 0 Å². The number of hydrogen-bond acceptors (Lipinski definition) is 5. The number of piperazine rings is 1. The second-order valence-corrected chi connectivity index (χ2v) is 5.54. The van der Waals surface area contributed by atoms with E-state index in [4.69, 9.17) is 5.73 Å². The molecule has 2 heterocycles. The standard InChI is InChI=1S/C13H21N5O/c1-16-6-7-17(11(8-14)9-16)12-13(19)18(5-4-15-12)10-2-3-10/h4-5,10-11H,2-3,6-9,14H2,1H3. The molecule has 3 rings (SSSR count). The summed E-state index contributed by atoms with van der Waals surface area (Å²) in [6.07, 6.45) is 5.75. The van der Waals surface area contributed by atoms with E-state index < -0.39 is 0 Å². The van der Waals surface area contributed by atoms with Crippen LogP contribution < -0.4 is 16.2 Å². The summed E-state index contributed by atoms with van der Waals surface area (Å²) in [5.74, 6) is 0.568. The fourth-order valence-electron chi connectivity index (χ4n) is 2.74. The molecule has 19 heavy (non-hydrogen) atoms. The predicted molar refractivity (Wildman–Crippen MR) is 74.5 cm³/mol. The van der Waals surface area contributed by atoms with E-state index in [1.807, 2.05) is 4.57 Å². The minimum Gasteiger partial charge on any atom is -0.345 e. The predicted octanol–water partition coefficient (Wildman–Crippen LogP) is -0.343. The lowest BCUT2D eigenvalue weighted by atomic mass is 10.2. The highest BCUT2D eigenvalue weighted by atomic mass is 16.1. The molecule has 1 aromatic rings. The third kappa shape index (κ3) is 2.37. The molecule has 0 amide bonds. The number of nitrogens with zero attached hydrogens (tertiary/aromatic N) is 4. The van der Waals surface area contributed by atoms with Crippen LogP contribution in [0.2, 0.25) is 0 Å². The van der Waals surface area contributed by atoms with Crippen molar-refractivity contribution in [2.24, 2.45) is 5.73 Å². The summed E-state index contributed by atoms with van der Waals surface area (Å²) >= 11 is 0. The molecule has 0 spiro atoms. The van der Waals surface area contributed by atoms with Crippen molar-refractivity contribution in [1.29, 1.82) is 0 Å². The second-order valence-electron chi connectivity index (χ2n) is 5.54. The van der Waals surface area contributed by atoms with E-state index in [2.05, 4.69) is 21.8 Å². The third-order valence-electron chi connectivity index (χ3n) is 4.02. The van der Waals surface area contributed by atoms with Gasteiger partial charge in [-0.15, -0.1) is 0 Å². The van der Waals surface area contributed by atoms with Crippen LogP contribution in [0, 0.1) is 0 Å². The average Bonchev–Trinajstić information content (AvgIpc) is 3.24. The van der Waals surface area contributed by atoms with Crippen molar-refractivity contribution in [3.8, 4) is 0 Å². The molecule has 1 aromatic heterocycles. The van der Waals surface area contributed by atoms with Crippen molar-refractivity contribution >= 4 is 5.82 Å². The first-order valence-corrected chi connectivity index (χ1v) is 6.93. The van der Waals surface area contributed by atoms with E-state index in [0.717, 1.165) is 32.5 Å². The van der Waals surface area contributed by atoms with Gasteiger partial charge in [0.05, 0.1) is 6.04 Å². The highest BCUT2D eigenvalue weighted by Crippen LogP contribution is 2.33. The Kier molecular flexibility index (Phi) is 3.28. The lowest BCUT2D eigenvalue weighted by Crippen LogP contribution is -2.56. The van der Waals surface area contributed by atoms with Crippen LogP contribution in [0.4, 0.5) is 5.82 Å². The maximum atomic E-state index is 12.5. The Bertz CT molecular complexity index is 510. The van der Waals surface area contributed by atoms with Gasteiger partial charge >= 0.3 is 0 Å². The Hall–Kier alpha value is -1.40. The average molecular weight is 263 g/mol. The van der Waals surface area contributed by atoms with Crippen molar-refractivity contribution in [1.82, 2.24) is 14.5 Å². The Balaban J connectivity index is 1.92. The van der Waals surface area contributed by atoms with Crippen LogP contribution in [-0.2, 0) is 0 Å². The highest BCUT2D eigenvalue weighted by molar-refractivity contribution is 5.38. The van der Waals surface area contributed by atoms with E-state index in [-0.39, 0.29) is 11.6 Å². The van der Waals surface area contributed by atoms with Crippen LogP contribution in [-0.4, -0.2) is 53.7 Å². The molecule has 1 aliphatic carbocycles. The molecular weight excluding hydrogens is 242 g/mol. The smallest absolute Gasteiger partial charge is 0.293 e. The molecule has 2 fully saturated rings. The van der Waals surface area contributed by atoms with Gasteiger partial charge in [-0.1, -0.05) is 0 Å². The summed E-state index contributed by atoms with van der Waals surface area (Å²) in [4.78, 5) is 21.1. The van der Waals surface area contributed by atoms with Gasteiger partial charge in [-0.25, -0.2) is 4.98 Å². The van der Waals surface area contributed by atoms with Crippen molar-refractivity contribution in [3.05, 3.63) is 22.7 Å². The molecule has 104 valence electrons. The van der Waals surface area contributed by atoms with Crippen LogP contribution in [0.1, 0.15) is 18.9 Å². The molecule has 6 heteroatoms. The molecule has 1 aliphatic heterocycles. The monoisotopic (exact) mass is 263 g/mol. The Morgan fingerprint density at radius 2 is 2.21 bits per heavy atom. The molecule has 2 aliphatic rings. The van der Waals surface area contributed by atoms with Gasteiger partial charge in [0.25, 0.3) is 5.56 Å². The number of likely N-dealkylation sites (N-methyl/N-ethyl adjacent to an activating group) is 1. The summed E-state index contributed by atoms with van der Waals surface area (Å²) < 4.78 is 1.83. The summed E-state index contributed by atoms with van der Waals surface area (Å²) in [6.45, 7) is 3.19. The maximum Gasteiger partial charge on any atom is 0.293 e. The third-order valence-corrected chi connectivity index (χ3v) is 4.02. The minimum absolute atomic E-state index is 0.0352. The number of aromatic nitrogens is 2.